The molecule has 1 rings (SSSR count). The minimum absolute atomic E-state index is 0.0218. The predicted molar refractivity (Wildman–Crippen MR) is 75.5 cm³/mol. The van der Waals surface area contributed by atoms with Gasteiger partial charge in [-0.25, -0.2) is 14.0 Å². The molecule has 0 spiro atoms. The Morgan fingerprint density at radius 3 is 2.45 bits per heavy atom. The number of hydrogen-bond acceptors (Lipinski definition) is 6. The molecule has 22 heavy (non-hydrogen) atoms. The highest BCUT2D eigenvalue weighted by atomic mass is 19.1. The standard InChI is InChI=1S/C14H18FNO6/c1-4-20-13(17)11-10(22-8-19-3)7-6-9(15)12(11)16-14(18)21-5-2/h6-7H,4-5,8H2,1-3H3,(H,16,18). The lowest BCUT2D eigenvalue weighted by atomic mass is 10.1. The van der Waals surface area contributed by atoms with Crippen LogP contribution < -0.4 is 10.1 Å². The molecule has 1 amide bonds. The van der Waals surface area contributed by atoms with Crippen molar-refractivity contribution in [2.45, 2.75) is 13.8 Å². The van der Waals surface area contributed by atoms with Gasteiger partial charge in [0.1, 0.15) is 17.1 Å². The molecule has 0 unspecified atom stereocenters. The highest BCUT2D eigenvalue weighted by Crippen LogP contribution is 2.30. The van der Waals surface area contributed by atoms with E-state index in [0.29, 0.717) is 0 Å². The van der Waals surface area contributed by atoms with Crippen molar-refractivity contribution in [3.05, 3.63) is 23.5 Å². The maximum Gasteiger partial charge on any atom is 0.411 e. The zero-order chi connectivity index (χ0) is 16.5. The molecule has 0 heterocycles. The fourth-order valence-electron chi connectivity index (χ4n) is 1.60. The molecule has 0 aromatic heterocycles. The minimum Gasteiger partial charge on any atom is -0.467 e. The Kier molecular flexibility index (Phi) is 7.11. The monoisotopic (exact) mass is 315 g/mol. The highest BCUT2D eigenvalue weighted by Gasteiger charge is 2.24. The molecule has 0 saturated carbocycles. The lowest BCUT2D eigenvalue weighted by molar-refractivity contribution is 0.0439. The van der Waals surface area contributed by atoms with E-state index >= 15 is 0 Å². The normalized spacial score (nSPS) is 10.0. The van der Waals surface area contributed by atoms with Crippen molar-refractivity contribution >= 4 is 17.7 Å². The van der Waals surface area contributed by atoms with Gasteiger partial charge in [-0.15, -0.1) is 0 Å². The van der Waals surface area contributed by atoms with Crippen LogP contribution in [0.1, 0.15) is 24.2 Å². The van der Waals surface area contributed by atoms with Crippen LogP contribution in [-0.4, -0.2) is 39.2 Å². The molecule has 7 nitrogen and oxygen atoms in total. The van der Waals surface area contributed by atoms with Gasteiger partial charge in [0.2, 0.25) is 0 Å². The van der Waals surface area contributed by atoms with E-state index in [-0.39, 0.29) is 37.0 Å². The average molecular weight is 315 g/mol. The molecular formula is C14H18FNO6. The zero-order valence-corrected chi connectivity index (χ0v) is 12.6. The molecule has 0 radical (unpaired) electrons. The third-order valence-electron chi connectivity index (χ3n) is 2.43. The van der Waals surface area contributed by atoms with Crippen LogP contribution in [0.3, 0.4) is 0 Å². The first-order valence-electron chi connectivity index (χ1n) is 6.60. The van der Waals surface area contributed by atoms with Gasteiger partial charge in [0, 0.05) is 7.11 Å². The fourth-order valence-corrected chi connectivity index (χ4v) is 1.60. The number of benzene rings is 1. The van der Waals surface area contributed by atoms with Crippen LogP contribution in [0.4, 0.5) is 14.9 Å². The Morgan fingerprint density at radius 2 is 1.86 bits per heavy atom. The quantitative estimate of drug-likeness (QED) is 0.615. The summed E-state index contributed by atoms with van der Waals surface area (Å²) in [6, 6.07) is 2.30. The first kappa shape index (κ1) is 17.7. The summed E-state index contributed by atoms with van der Waals surface area (Å²) in [6.45, 7) is 3.22. The summed E-state index contributed by atoms with van der Waals surface area (Å²) < 4.78 is 33.5. The molecule has 122 valence electrons. The first-order chi connectivity index (χ1) is 10.5. The number of methoxy groups -OCH3 is 1. The lowest BCUT2D eigenvalue weighted by Gasteiger charge is -2.15. The van der Waals surface area contributed by atoms with Crippen molar-refractivity contribution in [3.63, 3.8) is 0 Å². The molecule has 0 aliphatic rings. The average Bonchev–Trinajstić information content (AvgIpc) is 2.48. The molecule has 0 atom stereocenters. The van der Waals surface area contributed by atoms with E-state index < -0.39 is 17.9 Å². The van der Waals surface area contributed by atoms with Crippen molar-refractivity contribution in [1.29, 1.82) is 0 Å². The van der Waals surface area contributed by atoms with Crippen LogP contribution in [0.5, 0.6) is 5.75 Å². The molecular weight excluding hydrogens is 297 g/mol. The van der Waals surface area contributed by atoms with E-state index in [1.54, 1.807) is 13.8 Å². The van der Waals surface area contributed by atoms with Crippen molar-refractivity contribution in [3.8, 4) is 5.75 Å². The topological polar surface area (TPSA) is 83.1 Å². The highest BCUT2D eigenvalue weighted by molar-refractivity contribution is 6.02. The molecule has 0 aliphatic carbocycles. The number of carbonyl (C=O) groups is 2. The second-order valence-electron chi connectivity index (χ2n) is 3.91. The van der Waals surface area contributed by atoms with Crippen molar-refractivity contribution in [2.24, 2.45) is 0 Å². The van der Waals surface area contributed by atoms with Crippen molar-refractivity contribution < 1.29 is 32.9 Å². The Bertz CT molecular complexity index is 534. The number of ether oxygens (including phenoxy) is 4. The van der Waals surface area contributed by atoms with Crippen LogP contribution in [0.15, 0.2) is 12.1 Å². The van der Waals surface area contributed by atoms with Crippen molar-refractivity contribution in [1.82, 2.24) is 0 Å². The summed E-state index contributed by atoms with van der Waals surface area (Å²) in [5.41, 5.74) is -0.613. The Labute approximate surface area is 127 Å². The van der Waals surface area contributed by atoms with Gasteiger partial charge in [-0.1, -0.05) is 0 Å². The van der Waals surface area contributed by atoms with Crippen LogP contribution in [0.25, 0.3) is 0 Å². The van der Waals surface area contributed by atoms with E-state index in [4.69, 9.17) is 14.2 Å². The number of halogens is 1. The zero-order valence-electron chi connectivity index (χ0n) is 12.6. The number of carbonyl (C=O) groups excluding carboxylic acids is 2. The molecule has 0 aliphatic heterocycles. The Morgan fingerprint density at radius 1 is 1.18 bits per heavy atom. The maximum absolute atomic E-state index is 14.0. The summed E-state index contributed by atoms with van der Waals surface area (Å²) in [5.74, 6) is -1.63. The van der Waals surface area contributed by atoms with Crippen LogP contribution in [0, 0.1) is 5.82 Å². The summed E-state index contributed by atoms with van der Waals surface area (Å²) >= 11 is 0. The van der Waals surface area contributed by atoms with Gasteiger partial charge < -0.3 is 18.9 Å². The number of anilines is 1. The second kappa shape index (κ2) is 8.83. The second-order valence-corrected chi connectivity index (χ2v) is 3.91. The molecule has 1 aromatic rings. The van der Waals surface area contributed by atoms with Gasteiger partial charge in [-0.2, -0.15) is 0 Å². The third-order valence-corrected chi connectivity index (χ3v) is 2.43. The van der Waals surface area contributed by atoms with Gasteiger partial charge in [-0.3, -0.25) is 5.32 Å². The first-order valence-corrected chi connectivity index (χ1v) is 6.60. The maximum atomic E-state index is 14.0. The Hall–Kier alpha value is -2.35. The van der Waals surface area contributed by atoms with Crippen LogP contribution >= 0.6 is 0 Å². The van der Waals surface area contributed by atoms with Crippen LogP contribution in [-0.2, 0) is 14.2 Å². The lowest BCUT2D eigenvalue weighted by Crippen LogP contribution is -2.19. The largest absolute Gasteiger partial charge is 0.467 e. The number of amides is 1. The fraction of sp³-hybridized carbons (Fsp3) is 0.429. The molecule has 0 bridgehead atoms. The van der Waals surface area contributed by atoms with Gasteiger partial charge in [0.15, 0.2) is 6.79 Å². The SMILES string of the molecule is CCOC(=O)Nc1c(F)ccc(OCOC)c1C(=O)OCC. The Balaban J connectivity index is 3.24. The van der Waals surface area contributed by atoms with E-state index in [1.165, 1.54) is 13.2 Å². The van der Waals surface area contributed by atoms with E-state index in [0.717, 1.165) is 6.07 Å². The van der Waals surface area contributed by atoms with Gasteiger partial charge in [-0.05, 0) is 26.0 Å². The molecule has 1 aromatic carbocycles. The number of esters is 1. The smallest absolute Gasteiger partial charge is 0.411 e. The van der Waals surface area contributed by atoms with E-state index in [9.17, 15) is 14.0 Å². The minimum atomic E-state index is -0.893. The third kappa shape index (κ3) is 4.59. The summed E-state index contributed by atoms with van der Waals surface area (Å²) in [7, 11) is 1.39. The van der Waals surface area contributed by atoms with E-state index in [2.05, 4.69) is 10.1 Å². The van der Waals surface area contributed by atoms with E-state index in [1.807, 2.05) is 0 Å². The summed E-state index contributed by atoms with van der Waals surface area (Å²) in [6.07, 6.45) is -0.893. The van der Waals surface area contributed by atoms with Crippen molar-refractivity contribution in [2.75, 3.05) is 32.4 Å². The molecule has 1 N–H and O–H groups in total. The summed E-state index contributed by atoms with van der Waals surface area (Å²) in [5, 5.41) is 2.18. The van der Waals surface area contributed by atoms with Gasteiger partial charge in [0.05, 0.1) is 18.9 Å². The number of nitrogens with one attached hydrogen (secondary N) is 1. The predicted octanol–water partition coefficient (Wildman–Crippen LogP) is 2.55. The van der Waals surface area contributed by atoms with Gasteiger partial charge >= 0.3 is 12.1 Å². The number of rotatable bonds is 7. The molecule has 0 saturated heterocycles. The summed E-state index contributed by atoms with van der Waals surface area (Å²) in [4.78, 5) is 23.5. The van der Waals surface area contributed by atoms with Gasteiger partial charge in [0.25, 0.3) is 0 Å². The number of hydrogen-bond donors (Lipinski definition) is 1. The molecule has 8 heteroatoms. The van der Waals surface area contributed by atoms with Crippen LogP contribution in [0.2, 0.25) is 0 Å². The molecule has 0 fully saturated rings.